The molecule has 1 N–H and O–H groups in total. The maximum absolute atomic E-state index is 12.2. The van der Waals surface area contributed by atoms with Gasteiger partial charge in [0.1, 0.15) is 0 Å². The molecule has 0 aliphatic heterocycles. The molecule has 0 radical (unpaired) electrons. The minimum absolute atomic E-state index is 0.242. The third-order valence-corrected chi connectivity index (χ3v) is 3.14. The van der Waals surface area contributed by atoms with Crippen LogP contribution in [-0.4, -0.2) is 20.1 Å². The van der Waals surface area contributed by atoms with Crippen LogP contribution in [0, 0.1) is 11.3 Å². The van der Waals surface area contributed by atoms with Crippen molar-refractivity contribution in [2.45, 2.75) is 6.42 Å². The highest BCUT2D eigenvalue weighted by Crippen LogP contribution is 2.27. The first-order valence-electron chi connectivity index (χ1n) is 6.67. The lowest BCUT2D eigenvalue weighted by molar-refractivity contribution is 0.102. The Morgan fingerprint density at radius 2 is 1.77 bits per heavy atom. The summed E-state index contributed by atoms with van der Waals surface area (Å²) in [5.74, 6) is 0.827. The number of rotatable bonds is 5. The zero-order valence-corrected chi connectivity index (χ0v) is 12.4. The molecule has 22 heavy (non-hydrogen) atoms. The Morgan fingerprint density at radius 3 is 2.36 bits per heavy atom. The number of anilines is 1. The average Bonchev–Trinajstić information content (AvgIpc) is 2.56. The van der Waals surface area contributed by atoms with E-state index < -0.39 is 0 Å². The molecule has 0 aliphatic rings. The van der Waals surface area contributed by atoms with E-state index in [-0.39, 0.29) is 5.91 Å². The molecule has 2 aromatic carbocycles. The Kier molecular flexibility index (Phi) is 4.99. The highest BCUT2D eigenvalue weighted by Gasteiger charge is 2.11. The predicted molar refractivity (Wildman–Crippen MR) is 83.3 cm³/mol. The van der Waals surface area contributed by atoms with Gasteiger partial charge in [0, 0.05) is 11.3 Å². The summed E-state index contributed by atoms with van der Waals surface area (Å²) in [4.78, 5) is 12.2. The smallest absolute Gasteiger partial charge is 0.255 e. The Balaban J connectivity index is 2.13. The van der Waals surface area contributed by atoms with E-state index >= 15 is 0 Å². The minimum Gasteiger partial charge on any atom is -0.493 e. The average molecular weight is 296 g/mol. The van der Waals surface area contributed by atoms with Crippen LogP contribution in [0.25, 0.3) is 0 Å². The van der Waals surface area contributed by atoms with Crippen LogP contribution < -0.4 is 14.8 Å². The van der Waals surface area contributed by atoms with Crippen molar-refractivity contribution in [2.75, 3.05) is 19.5 Å². The van der Waals surface area contributed by atoms with Crippen LogP contribution in [-0.2, 0) is 6.42 Å². The molecule has 0 aromatic heterocycles. The molecule has 5 heteroatoms. The van der Waals surface area contributed by atoms with Crippen molar-refractivity contribution in [3.05, 3.63) is 53.6 Å². The second-order valence-corrected chi connectivity index (χ2v) is 4.56. The van der Waals surface area contributed by atoms with E-state index in [1.165, 1.54) is 7.11 Å². The normalized spacial score (nSPS) is 9.68. The highest BCUT2D eigenvalue weighted by molar-refractivity contribution is 6.04. The van der Waals surface area contributed by atoms with E-state index in [0.29, 0.717) is 29.2 Å². The van der Waals surface area contributed by atoms with Crippen molar-refractivity contribution in [1.29, 1.82) is 5.26 Å². The number of nitrogens with one attached hydrogen (secondary N) is 1. The first-order chi connectivity index (χ1) is 10.7. The highest BCUT2D eigenvalue weighted by atomic mass is 16.5. The van der Waals surface area contributed by atoms with Gasteiger partial charge in [-0.3, -0.25) is 4.79 Å². The lowest BCUT2D eigenvalue weighted by Gasteiger charge is -2.10. The zero-order valence-electron chi connectivity index (χ0n) is 12.4. The molecular weight excluding hydrogens is 280 g/mol. The van der Waals surface area contributed by atoms with E-state index in [0.717, 1.165) is 5.56 Å². The summed E-state index contributed by atoms with van der Waals surface area (Å²) in [5.41, 5.74) is 2.05. The standard InChI is InChI=1S/C17H16N2O3/c1-21-15-8-5-13(11-16(15)22-2)17(20)19-14-6-3-12(4-7-14)9-10-18/h3-8,11H,9H2,1-2H3,(H,19,20). The van der Waals surface area contributed by atoms with Gasteiger partial charge in [-0.1, -0.05) is 12.1 Å². The number of nitrogens with zero attached hydrogens (tertiary/aromatic N) is 1. The molecule has 2 rings (SSSR count). The van der Waals surface area contributed by atoms with E-state index in [1.54, 1.807) is 37.4 Å². The molecule has 0 saturated carbocycles. The Morgan fingerprint density at radius 1 is 1.09 bits per heavy atom. The number of nitriles is 1. The van der Waals surface area contributed by atoms with Crippen molar-refractivity contribution in [3.8, 4) is 17.6 Å². The molecule has 0 fully saturated rings. The lowest BCUT2D eigenvalue weighted by Crippen LogP contribution is -2.12. The second-order valence-electron chi connectivity index (χ2n) is 4.56. The maximum atomic E-state index is 12.2. The number of methoxy groups -OCH3 is 2. The number of amides is 1. The lowest BCUT2D eigenvalue weighted by atomic mass is 10.1. The largest absolute Gasteiger partial charge is 0.493 e. The number of ether oxygens (including phenoxy) is 2. The first kappa shape index (κ1) is 15.4. The Labute approximate surface area is 129 Å². The summed E-state index contributed by atoms with van der Waals surface area (Å²) >= 11 is 0. The van der Waals surface area contributed by atoms with Crippen LogP contribution in [0.15, 0.2) is 42.5 Å². The van der Waals surface area contributed by atoms with Gasteiger partial charge in [0.2, 0.25) is 0 Å². The summed E-state index contributed by atoms with van der Waals surface area (Å²) in [6.07, 6.45) is 0.351. The fourth-order valence-electron chi connectivity index (χ4n) is 1.98. The molecule has 5 nitrogen and oxygen atoms in total. The van der Waals surface area contributed by atoms with E-state index in [4.69, 9.17) is 14.7 Å². The molecule has 0 spiro atoms. The van der Waals surface area contributed by atoms with Crippen molar-refractivity contribution in [2.24, 2.45) is 0 Å². The molecule has 0 heterocycles. The van der Waals surface area contributed by atoms with Crippen LogP contribution >= 0.6 is 0 Å². The van der Waals surface area contributed by atoms with Crippen molar-refractivity contribution < 1.29 is 14.3 Å². The number of carbonyl (C=O) groups is 1. The molecule has 0 aliphatic carbocycles. The number of carbonyl (C=O) groups excluding carboxylic acids is 1. The van der Waals surface area contributed by atoms with E-state index in [1.807, 2.05) is 12.1 Å². The van der Waals surface area contributed by atoms with Gasteiger partial charge in [-0.15, -0.1) is 0 Å². The van der Waals surface area contributed by atoms with Gasteiger partial charge in [0.05, 0.1) is 26.7 Å². The monoisotopic (exact) mass is 296 g/mol. The number of benzene rings is 2. The van der Waals surface area contributed by atoms with Crippen LogP contribution in [0.1, 0.15) is 15.9 Å². The quantitative estimate of drug-likeness (QED) is 0.920. The summed E-state index contributed by atoms with van der Waals surface area (Å²) < 4.78 is 10.3. The summed E-state index contributed by atoms with van der Waals surface area (Å²) in [7, 11) is 3.06. The molecule has 0 saturated heterocycles. The summed E-state index contributed by atoms with van der Waals surface area (Å²) in [6, 6.07) is 14.2. The fraction of sp³-hybridized carbons (Fsp3) is 0.176. The topological polar surface area (TPSA) is 71.3 Å². The van der Waals surface area contributed by atoms with Crippen LogP contribution in [0.2, 0.25) is 0 Å². The van der Waals surface area contributed by atoms with Gasteiger partial charge in [-0.2, -0.15) is 5.26 Å². The number of hydrogen-bond acceptors (Lipinski definition) is 4. The predicted octanol–water partition coefficient (Wildman–Crippen LogP) is 3.02. The Hall–Kier alpha value is -3.00. The summed E-state index contributed by atoms with van der Waals surface area (Å²) in [6.45, 7) is 0. The molecule has 0 unspecified atom stereocenters. The molecule has 112 valence electrons. The number of hydrogen-bond donors (Lipinski definition) is 1. The molecular formula is C17H16N2O3. The van der Waals surface area contributed by atoms with Crippen LogP contribution in [0.5, 0.6) is 11.5 Å². The van der Waals surface area contributed by atoms with Crippen molar-refractivity contribution >= 4 is 11.6 Å². The third-order valence-electron chi connectivity index (χ3n) is 3.14. The minimum atomic E-state index is -0.242. The van der Waals surface area contributed by atoms with E-state index in [9.17, 15) is 4.79 Å². The molecule has 0 bridgehead atoms. The SMILES string of the molecule is COc1ccc(C(=O)Nc2ccc(CC#N)cc2)cc1OC. The van der Waals surface area contributed by atoms with Gasteiger partial charge in [0.15, 0.2) is 11.5 Å². The Bertz CT molecular complexity index is 703. The van der Waals surface area contributed by atoms with Crippen LogP contribution in [0.4, 0.5) is 5.69 Å². The third kappa shape index (κ3) is 3.55. The van der Waals surface area contributed by atoms with Crippen LogP contribution in [0.3, 0.4) is 0 Å². The fourth-order valence-corrected chi connectivity index (χ4v) is 1.98. The van der Waals surface area contributed by atoms with Crippen molar-refractivity contribution in [3.63, 3.8) is 0 Å². The zero-order chi connectivity index (χ0) is 15.9. The molecule has 1 amide bonds. The maximum Gasteiger partial charge on any atom is 0.255 e. The molecule has 0 atom stereocenters. The van der Waals surface area contributed by atoms with Gasteiger partial charge in [-0.25, -0.2) is 0 Å². The van der Waals surface area contributed by atoms with Gasteiger partial charge < -0.3 is 14.8 Å². The van der Waals surface area contributed by atoms with Gasteiger partial charge in [0.25, 0.3) is 5.91 Å². The van der Waals surface area contributed by atoms with Crippen molar-refractivity contribution in [1.82, 2.24) is 0 Å². The first-order valence-corrected chi connectivity index (χ1v) is 6.67. The van der Waals surface area contributed by atoms with Gasteiger partial charge in [-0.05, 0) is 35.9 Å². The second kappa shape index (κ2) is 7.14. The van der Waals surface area contributed by atoms with E-state index in [2.05, 4.69) is 11.4 Å². The summed E-state index contributed by atoms with van der Waals surface area (Å²) in [5, 5.41) is 11.4. The molecule has 2 aromatic rings. The van der Waals surface area contributed by atoms with Gasteiger partial charge >= 0.3 is 0 Å².